The second-order valence-electron chi connectivity index (χ2n) is 4.24. The first kappa shape index (κ1) is 13.4. The van der Waals surface area contributed by atoms with Crippen LogP contribution in [0.2, 0.25) is 5.02 Å². The molecule has 0 bridgehead atoms. The van der Waals surface area contributed by atoms with Gasteiger partial charge in [-0.05, 0) is 18.9 Å². The smallest absolute Gasteiger partial charge is 0.324 e. The number of aromatic nitrogens is 1. The maximum Gasteiger partial charge on any atom is 0.324 e. The minimum Gasteiger partial charge on any atom is -0.480 e. The molecule has 0 unspecified atom stereocenters. The fourth-order valence-corrected chi connectivity index (χ4v) is 1.76. The molecular weight excluding hydrogens is 270 g/mol. The van der Waals surface area contributed by atoms with E-state index in [1.807, 2.05) is 0 Å². The van der Waals surface area contributed by atoms with Crippen molar-refractivity contribution in [1.29, 1.82) is 0 Å². The van der Waals surface area contributed by atoms with Crippen LogP contribution in [0.5, 0.6) is 0 Å². The molecule has 0 atom stereocenters. The van der Waals surface area contributed by atoms with Crippen molar-refractivity contribution in [3.63, 3.8) is 0 Å². The van der Waals surface area contributed by atoms with Crippen molar-refractivity contribution in [3.8, 4) is 11.8 Å². The topological polar surface area (TPSA) is 87.5 Å². The highest BCUT2D eigenvalue weighted by molar-refractivity contribution is 6.32. The minimum atomic E-state index is -1.77. The summed E-state index contributed by atoms with van der Waals surface area (Å²) in [5.74, 6) is 1.55. The van der Waals surface area contributed by atoms with Gasteiger partial charge in [0.15, 0.2) is 5.92 Å². The lowest BCUT2D eigenvalue weighted by Gasteiger charge is -2.08. The Kier molecular flexibility index (Phi) is 3.72. The first-order valence-corrected chi connectivity index (χ1v) is 5.99. The molecule has 1 fully saturated rings. The van der Waals surface area contributed by atoms with Crippen LogP contribution in [0.3, 0.4) is 0 Å². The predicted octanol–water partition coefficient (Wildman–Crippen LogP) is 1.75. The molecule has 6 heteroatoms. The predicted molar refractivity (Wildman–Crippen MR) is 66.9 cm³/mol. The van der Waals surface area contributed by atoms with Gasteiger partial charge in [0.2, 0.25) is 0 Å². The van der Waals surface area contributed by atoms with Gasteiger partial charge in [-0.15, -0.1) is 0 Å². The van der Waals surface area contributed by atoms with Crippen LogP contribution < -0.4 is 0 Å². The van der Waals surface area contributed by atoms with Crippen molar-refractivity contribution < 1.29 is 19.8 Å². The van der Waals surface area contributed by atoms with Gasteiger partial charge in [0.1, 0.15) is 0 Å². The molecule has 0 saturated heterocycles. The van der Waals surface area contributed by atoms with Gasteiger partial charge < -0.3 is 10.2 Å². The van der Waals surface area contributed by atoms with Gasteiger partial charge >= 0.3 is 11.9 Å². The van der Waals surface area contributed by atoms with E-state index in [2.05, 4.69) is 16.8 Å². The standard InChI is InChI=1S/C13H10ClNO4/c14-9-5-8(4-3-7-1-2-7)6-15-11(9)10(12(16)17)13(18)19/h5-7,10H,1-2H2,(H,16,17)(H,18,19). The molecule has 5 nitrogen and oxygen atoms in total. The van der Waals surface area contributed by atoms with Gasteiger partial charge in [-0.3, -0.25) is 14.6 Å². The van der Waals surface area contributed by atoms with Crippen LogP contribution in [0.15, 0.2) is 12.3 Å². The first-order chi connectivity index (χ1) is 8.99. The Hall–Kier alpha value is -2.06. The Morgan fingerprint density at radius 3 is 2.47 bits per heavy atom. The molecular formula is C13H10ClNO4. The van der Waals surface area contributed by atoms with Gasteiger partial charge in [-0.2, -0.15) is 0 Å². The highest BCUT2D eigenvalue weighted by Crippen LogP contribution is 2.28. The molecule has 1 heterocycles. The van der Waals surface area contributed by atoms with E-state index in [1.165, 1.54) is 12.3 Å². The molecule has 0 amide bonds. The number of carboxylic acid groups (broad SMARTS) is 2. The minimum absolute atomic E-state index is 0.00241. The molecule has 98 valence electrons. The zero-order chi connectivity index (χ0) is 14.0. The number of pyridine rings is 1. The van der Waals surface area contributed by atoms with Gasteiger partial charge in [0.05, 0.1) is 10.7 Å². The van der Waals surface area contributed by atoms with E-state index in [0.717, 1.165) is 12.8 Å². The summed E-state index contributed by atoms with van der Waals surface area (Å²) in [4.78, 5) is 25.6. The van der Waals surface area contributed by atoms with Crippen LogP contribution in [0.1, 0.15) is 30.0 Å². The largest absolute Gasteiger partial charge is 0.480 e. The Labute approximate surface area is 114 Å². The third-order valence-electron chi connectivity index (χ3n) is 2.63. The SMILES string of the molecule is O=C(O)C(C(=O)O)c1ncc(C#CC2CC2)cc1Cl. The lowest BCUT2D eigenvalue weighted by molar-refractivity contribution is -0.150. The average molecular weight is 280 g/mol. The maximum absolute atomic E-state index is 10.9. The molecule has 1 saturated carbocycles. The number of rotatable bonds is 3. The van der Waals surface area contributed by atoms with Crippen LogP contribution in [0.25, 0.3) is 0 Å². The molecule has 0 aliphatic heterocycles. The van der Waals surface area contributed by atoms with Crippen molar-refractivity contribution >= 4 is 23.5 Å². The van der Waals surface area contributed by atoms with E-state index in [9.17, 15) is 9.59 Å². The molecule has 19 heavy (non-hydrogen) atoms. The monoisotopic (exact) mass is 279 g/mol. The summed E-state index contributed by atoms with van der Waals surface area (Å²) in [5, 5.41) is 17.7. The van der Waals surface area contributed by atoms with Crippen molar-refractivity contribution in [1.82, 2.24) is 4.98 Å². The maximum atomic E-state index is 10.9. The molecule has 2 rings (SSSR count). The summed E-state index contributed by atoms with van der Waals surface area (Å²) < 4.78 is 0. The summed E-state index contributed by atoms with van der Waals surface area (Å²) in [6, 6.07) is 1.44. The quantitative estimate of drug-likeness (QED) is 0.650. The molecule has 2 N–H and O–H groups in total. The zero-order valence-corrected chi connectivity index (χ0v) is 10.5. The Morgan fingerprint density at radius 2 is 2.00 bits per heavy atom. The number of aliphatic carboxylic acids is 2. The van der Waals surface area contributed by atoms with Gasteiger partial charge in [-0.25, -0.2) is 0 Å². The van der Waals surface area contributed by atoms with E-state index in [-0.39, 0.29) is 10.7 Å². The van der Waals surface area contributed by atoms with Crippen molar-refractivity contribution in [2.45, 2.75) is 18.8 Å². The molecule has 1 aliphatic carbocycles. The lowest BCUT2D eigenvalue weighted by atomic mass is 10.0. The number of hydrogen-bond acceptors (Lipinski definition) is 3. The zero-order valence-electron chi connectivity index (χ0n) is 9.76. The van der Waals surface area contributed by atoms with E-state index >= 15 is 0 Å². The first-order valence-electron chi connectivity index (χ1n) is 5.61. The summed E-state index contributed by atoms with van der Waals surface area (Å²) in [5.41, 5.74) is 0.369. The van der Waals surface area contributed by atoms with Gasteiger partial charge in [0.25, 0.3) is 0 Å². The van der Waals surface area contributed by atoms with Gasteiger partial charge in [0, 0.05) is 17.7 Å². The summed E-state index contributed by atoms with van der Waals surface area (Å²) in [6.45, 7) is 0. The van der Waals surface area contributed by atoms with Crippen molar-refractivity contribution in [3.05, 3.63) is 28.5 Å². The van der Waals surface area contributed by atoms with E-state index in [1.54, 1.807) is 0 Å². The number of carboxylic acids is 2. The summed E-state index contributed by atoms with van der Waals surface area (Å²) in [7, 11) is 0. The summed E-state index contributed by atoms with van der Waals surface area (Å²) in [6.07, 6.45) is 3.52. The van der Waals surface area contributed by atoms with E-state index < -0.39 is 17.9 Å². The third-order valence-corrected chi connectivity index (χ3v) is 2.94. The molecule has 0 aromatic carbocycles. The highest BCUT2D eigenvalue weighted by Gasteiger charge is 2.31. The summed E-state index contributed by atoms with van der Waals surface area (Å²) >= 11 is 5.89. The highest BCUT2D eigenvalue weighted by atomic mass is 35.5. The lowest BCUT2D eigenvalue weighted by Crippen LogP contribution is -2.22. The Bertz CT molecular complexity index is 584. The van der Waals surface area contributed by atoms with Crippen LogP contribution in [0.4, 0.5) is 0 Å². The molecule has 1 aromatic heterocycles. The average Bonchev–Trinajstić information content (AvgIpc) is 3.12. The fraction of sp³-hybridized carbons (Fsp3) is 0.308. The number of hydrogen-bond donors (Lipinski definition) is 2. The van der Waals surface area contributed by atoms with Gasteiger partial charge in [-0.1, -0.05) is 23.4 Å². The number of halogens is 1. The van der Waals surface area contributed by atoms with E-state index in [4.69, 9.17) is 21.8 Å². The van der Waals surface area contributed by atoms with Crippen molar-refractivity contribution in [2.75, 3.05) is 0 Å². The molecule has 1 aromatic rings. The molecule has 0 radical (unpaired) electrons. The van der Waals surface area contributed by atoms with Crippen LogP contribution in [-0.2, 0) is 9.59 Å². The van der Waals surface area contributed by atoms with Crippen LogP contribution in [0, 0.1) is 17.8 Å². The normalized spacial score (nSPS) is 13.8. The van der Waals surface area contributed by atoms with Crippen LogP contribution in [-0.4, -0.2) is 27.1 Å². The number of nitrogens with zero attached hydrogens (tertiary/aromatic N) is 1. The fourth-order valence-electron chi connectivity index (χ4n) is 1.48. The second kappa shape index (κ2) is 5.29. The van der Waals surface area contributed by atoms with E-state index in [0.29, 0.717) is 11.5 Å². The van der Waals surface area contributed by atoms with Crippen molar-refractivity contribution in [2.24, 2.45) is 5.92 Å². The Morgan fingerprint density at radius 1 is 1.37 bits per heavy atom. The molecule has 0 spiro atoms. The second-order valence-corrected chi connectivity index (χ2v) is 4.65. The number of carbonyl (C=O) groups is 2. The Balaban J connectivity index is 2.30. The van der Waals surface area contributed by atoms with Crippen LogP contribution >= 0.6 is 11.6 Å². The molecule has 1 aliphatic rings. The third kappa shape index (κ3) is 3.24.